The molecule has 3 nitrogen and oxygen atoms in total. The first kappa shape index (κ1) is 12.0. The highest BCUT2D eigenvalue weighted by Gasteiger charge is 2.51. The second-order valence-corrected chi connectivity index (χ2v) is 4.99. The molecule has 1 aromatic carbocycles. The first-order valence-electron chi connectivity index (χ1n) is 6.25. The lowest BCUT2D eigenvalue weighted by atomic mass is 9.94. The van der Waals surface area contributed by atoms with E-state index in [2.05, 4.69) is 12.2 Å². The monoisotopic (exact) mass is 232 g/mol. The van der Waals surface area contributed by atoms with Crippen molar-refractivity contribution in [3.8, 4) is 0 Å². The van der Waals surface area contributed by atoms with Gasteiger partial charge in [0.2, 0.25) is 5.91 Å². The summed E-state index contributed by atoms with van der Waals surface area (Å²) >= 11 is 0. The molecule has 1 atom stereocenters. The number of benzene rings is 1. The van der Waals surface area contributed by atoms with Crippen molar-refractivity contribution in [1.29, 1.82) is 0 Å². The van der Waals surface area contributed by atoms with E-state index in [0.29, 0.717) is 0 Å². The summed E-state index contributed by atoms with van der Waals surface area (Å²) in [6.07, 6.45) is 2.85. The molecule has 1 aromatic rings. The van der Waals surface area contributed by atoms with Crippen molar-refractivity contribution in [3.63, 3.8) is 0 Å². The van der Waals surface area contributed by atoms with Crippen molar-refractivity contribution in [3.05, 3.63) is 29.8 Å². The zero-order valence-electron chi connectivity index (χ0n) is 10.5. The molecule has 1 saturated carbocycles. The van der Waals surface area contributed by atoms with Crippen molar-refractivity contribution in [1.82, 2.24) is 5.32 Å². The van der Waals surface area contributed by atoms with Crippen LogP contribution in [-0.2, 0) is 10.2 Å². The fourth-order valence-corrected chi connectivity index (χ4v) is 2.04. The van der Waals surface area contributed by atoms with E-state index in [9.17, 15) is 4.79 Å². The number of amides is 1. The summed E-state index contributed by atoms with van der Waals surface area (Å²) in [6, 6.07) is 7.92. The highest BCUT2D eigenvalue weighted by molar-refractivity contribution is 5.91. The van der Waals surface area contributed by atoms with Crippen LogP contribution in [0.3, 0.4) is 0 Å². The third-order valence-electron chi connectivity index (χ3n) is 3.64. The fraction of sp³-hybridized carbons (Fsp3) is 0.500. The maximum atomic E-state index is 12.2. The van der Waals surface area contributed by atoms with Gasteiger partial charge < -0.3 is 11.1 Å². The largest absolute Gasteiger partial charge is 0.399 e. The highest BCUT2D eigenvalue weighted by atomic mass is 16.2. The zero-order chi connectivity index (χ0) is 12.5. The van der Waals surface area contributed by atoms with Crippen molar-refractivity contribution < 1.29 is 4.79 Å². The summed E-state index contributed by atoms with van der Waals surface area (Å²) in [5, 5.41) is 3.08. The normalized spacial score (nSPS) is 18.5. The standard InChI is InChI=1S/C14H20N2O/c1-3-10(2)16-13(17)14(8-9-14)11-4-6-12(15)7-5-11/h4-7,10H,3,8-9,15H2,1-2H3,(H,16,17)/t10-/m0/s1. The molecule has 0 heterocycles. The van der Waals surface area contributed by atoms with Crippen LogP contribution < -0.4 is 11.1 Å². The summed E-state index contributed by atoms with van der Waals surface area (Å²) < 4.78 is 0. The minimum Gasteiger partial charge on any atom is -0.399 e. The minimum absolute atomic E-state index is 0.164. The van der Waals surface area contributed by atoms with Gasteiger partial charge in [0.05, 0.1) is 5.41 Å². The molecule has 0 radical (unpaired) electrons. The Morgan fingerprint density at radius 3 is 2.47 bits per heavy atom. The van der Waals surface area contributed by atoms with Crippen LogP contribution in [0.15, 0.2) is 24.3 Å². The van der Waals surface area contributed by atoms with Crippen LogP contribution in [0.2, 0.25) is 0 Å². The molecule has 3 heteroatoms. The van der Waals surface area contributed by atoms with E-state index < -0.39 is 0 Å². The molecule has 1 aliphatic carbocycles. The molecule has 0 bridgehead atoms. The smallest absolute Gasteiger partial charge is 0.230 e. The lowest BCUT2D eigenvalue weighted by Crippen LogP contribution is -2.39. The van der Waals surface area contributed by atoms with E-state index in [0.717, 1.165) is 30.5 Å². The van der Waals surface area contributed by atoms with Gasteiger partial charge in [0.25, 0.3) is 0 Å². The number of carbonyl (C=O) groups is 1. The van der Waals surface area contributed by atoms with Crippen molar-refractivity contribution in [2.75, 3.05) is 5.73 Å². The molecule has 1 fully saturated rings. The quantitative estimate of drug-likeness (QED) is 0.782. The first-order valence-corrected chi connectivity index (χ1v) is 6.25. The third kappa shape index (κ3) is 2.28. The van der Waals surface area contributed by atoms with Gasteiger partial charge in [-0.1, -0.05) is 19.1 Å². The van der Waals surface area contributed by atoms with Crippen molar-refractivity contribution in [2.24, 2.45) is 0 Å². The lowest BCUT2D eigenvalue weighted by Gasteiger charge is -2.19. The second kappa shape index (κ2) is 4.40. The molecule has 3 N–H and O–H groups in total. The number of nitrogens with one attached hydrogen (secondary N) is 1. The number of anilines is 1. The molecular formula is C14H20N2O. The fourth-order valence-electron chi connectivity index (χ4n) is 2.04. The summed E-state index contributed by atoms with van der Waals surface area (Å²) in [6.45, 7) is 4.12. The highest BCUT2D eigenvalue weighted by Crippen LogP contribution is 2.48. The van der Waals surface area contributed by atoms with Crippen LogP contribution in [0.1, 0.15) is 38.7 Å². The summed E-state index contributed by atoms with van der Waals surface area (Å²) in [5.74, 6) is 0.164. The Hall–Kier alpha value is -1.51. The van der Waals surface area contributed by atoms with Gasteiger partial charge in [-0.15, -0.1) is 0 Å². The summed E-state index contributed by atoms with van der Waals surface area (Å²) in [4.78, 5) is 12.2. The van der Waals surface area contributed by atoms with Gasteiger partial charge in [0.1, 0.15) is 0 Å². The topological polar surface area (TPSA) is 55.1 Å². The van der Waals surface area contributed by atoms with Gasteiger partial charge >= 0.3 is 0 Å². The number of nitrogen functional groups attached to an aromatic ring is 1. The SMILES string of the molecule is CC[C@H](C)NC(=O)C1(c2ccc(N)cc2)CC1. The van der Waals surface area contributed by atoms with Gasteiger partial charge in [0, 0.05) is 11.7 Å². The van der Waals surface area contributed by atoms with E-state index in [-0.39, 0.29) is 17.4 Å². The Labute approximate surface area is 102 Å². The van der Waals surface area contributed by atoms with Crippen molar-refractivity contribution >= 4 is 11.6 Å². The number of hydrogen-bond donors (Lipinski definition) is 2. The summed E-state index contributed by atoms with van der Waals surface area (Å²) in [5.41, 5.74) is 7.22. The predicted molar refractivity (Wildman–Crippen MR) is 69.7 cm³/mol. The van der Waals surface area contributed by atoms with Crippen LogP contribution >= 0.6 is 0 Å². The van der Waals surface area contributed by atoms with Crippen LogP contribution in [0, 0.1) is 0 Å². The Kier molecular flexibility index (Phi) is 3.09. The number of rotatable bonds is 4. The Morgan fingerprint density at radius 2 is 2.00 bits per heavy atom. The van der Waals surface area contributed by atoms with Crippen molar-refractivity contribution in [2.45, 2.75) is 44.6 Å². The van der Waals surface area contributed by atoms with E-state index >= 15 is 0 Å². The molecule has 0 aliphatic heterocycles. The molecule has 1 aliphatic rings. The Bertz CT molecular complexity index is 407. The predicted octanol–water partition coefficient (Wildman–Crippen LogP) is 2.22. The molecule has 0 unspecified atom stereocenters. The minimum atomic E-state index is -0.281. The number of carbonyl (C=O) groups excluding carboxylic acids is 1. The van der Waals surface area contributed by atoms with E-state index in [4.69, 9.17) is 5.73 Å². The molecule has 0 aromatic heterocycles. The second-order valence-electron chi connectivity index (χ2n) is 4.99. The lowest BCUT2D eigenvalue weighted by molar-refractivity contribution is -0.124. The zero-order valence-corrected chi connectivity index (χ0v) is 10.5. The van der Waals surface area contributed by atoms with E-state index in [1.807, 2.05) is 31.2 Å². The molecule has 0 saturated heterocycles. The third-order valence-corrected chi connectivity index (χ3v) is 3.64. The average molecular weight is 232 g/mol. The van der Waals surface area contributed by atoms with Gasteiger partial charge in [-0.2, -0.15) is 0 Å². The van der Waals surface area contributed by atoms with Gasteiger partial charge in [-0.25, -0.2) is 0 Å². The van der Waals surface area contributed by atoms with Gasteiger partial charge in [0.15, 0.2) is 0 Å². The maximum absolute atomic E-state index is 12.2. The molecule has 0 spiro atoms. The molecule has 17 heavy (non-hydrogen) atoms. The van der Waals surface area contributed by atoms with Crippen LogP contribution in [0.5, 0.6) is 0 Å². The average Bonchev–Trinajstić information content (AvgIpc) is 3.11. The number of hydrogen-bond acceptors (Lipinski definition) is 2. The Morgan fingerprint density at radius 1 is 1.41 bits per heavy atom. The van der Waals surface area contributed by atoms with E-state index in [1.165, 1.54) is 0 Å². The van der Waals surface area contributed by atoms with Crippen LogP contribution in [-0.4, -0.2) is 11.9 Å². The maximum Gasteiger partial charge on any atom is 0.230 e. The van der Waals surface area contributed by atoms with Gasteiger partial charge in [-0.3, -0.25) is 4.79 Å². The molecule has 1 amide bonds. The molecular weight excluding hydrogens is 212 g/mol. The van der Waals surface area contributed by atoms with Crippen LogP contribution in [0.4, 0.5) is 5.69 Å². The van der Waals surface area contributed by atoms with E-state index in [1.54, 1.807) is 0 Å². The first-order chi connectivity index (χ1) is 8.08. The van der Waals surface area contributed by atoms with Crippen LogP contribution in [0.25, 0.3) is 0 Å². The van der Waals surface area contributed by atoms with Gasteiger partial charge in [-0.05, 0) is 43.9 Å². The number of nitrogens with two attached hydrogens (primary N) is 1. The molecule has 2 rings (SSSR count). The molecule has 92 valence electrons. The summed E-state index contributed by atoms with van der Waals surface area (Å²) in [7, 11) is 0. The Balaban J connectivity index is 2.14.